The van der Waals surface area contributed by atoms with Crippen molar-refractivity contribution in [3.8, 4) is 0 Å². The summed E-state index contributed by atoms with van der Waals surface area (Å²) in [4.78, 5) is 11.4. The van der Waals surface area contributed by atoms with Crippen molar-refractivity contribution in [1.29, 1.82) is 0 Å². The largest absolute Gasteiger partial charge is 0.370 e. The molecule has 1 atom stereocenters. The van der Waals surface area contributed by atoms with Gasteiger partial charge in [0.1, 0.15) is 11.6 Å². The highest BCUT2D eigenvalue weighted by atomic mass is 19.1. The van der Waals surface area contributed by atoms with Crippen molar-refractivity contribution in [2.45, 2.75) is 25.8 Å². The van der Waals surface area contributed by atoms with E-state index in [0.29, 0.717) is 12.0 Å². The van der Waals surface area contributed by atoms with Crippen molar-refractivity contribution < 1.29 is 4.39 Å². The highest BCUT2D eigenvalue weighted by molar-refractivity contribution is 5.67. The number of fused-ring (bicyclic) bond motifs is 1. The number of hydrogen-bond donors (Lipinski definition) is 1. The summed E-state index contributed by atoms with van der Waals surface area (Å²) < 4.78 is 13.0. The van der Waals surface area contributed by atoms with E-state index in [1.54, 1.807) is 6.20 Å². The fourth-order valence-electron chi connectivity index (χ4n) is 3.42. The van der Waals surface area contributed by atoms with Gasteiger partial charge < -0.3 is 10.2 Å². The Kier molecular flexibility index (Phi) is 4.52. The third kappa shape index (κ3) is 3.38. The molecule has 2 aromatic carbocycles. The lowest BCUT2D eigenvalue weighted by atomic mass is 10.1. The second-order valence-corrected chi connectivity index (χ2v) is 6.60. The number of benzene rings is 2. The number of nitrogens with zero attached hydrogens (tertiary/aromatic N) is 3. The first-order valence-electron chi connectivity index (χ1n) is 8.89. The molecule has 4 nitrogen and oxygen atoms in total. The topological polar surface area (TPSA) is 41.1 Å². The molecule has 132 valence electrons. The van der Waals surface area contributed by atoms with E-state index in [2.05, 4.69) is 46.4 Å². The van der Waals surface area contributed by atoms with Crippen LogP contribution in [-0.2, 0) is 12.8 Å². The molecule has 0 saturated carbocycles. The number of rotatable bonds is 5. The van der Waals surface area contributed by atoms with Gasteiger partial charge in [0.2, 0.25) is 5.95 Å². The van der Waals surface area contributed by atoms with E-state index in [9.17, 15) is 4.39 Å². The van der Waals surface area contributed by atoms with Crippen LogP contribution < -0.4 is 10.2 Å². The van der Waals surface area contributed by atoms with Crippen LogP contribution in [0.15, 0.2) is 60.8 Å². The highest BCUT2D eigenvalue weighted by Crippen LogP contribution is 2.36. The molecule has 1 aliphatic rings. The van der Waals surface area contributed by atoms with Crippen LogP contribution in [0.1, 0.15) is 18.1 Å². The average Bonchev–Trinajstić information content (AvgIpc) is 2.99. The van der Waals surface area contributed by atoms with Crippen LogP contribution >= 0.6 is 0 Å². The summed E-state index contributed by atoms with van der Waals surface area (Å²) >= 11 is 0. The molecule has 5 heteroatoms. The summed E-state index contributed by atoms with van der Waals surface area (Å²) in [6.45, 7) is 2.92. The molecule has 1 aliphatic heterocycles. The predicted molar refractivity (Wildman–Crippen MR) is 102 cm³/mol. The van der Waals surface area contributed by atoms with E-state index < -0.39 is 0 Å². The first-order chi connectivity index (χ1) is 12.7. The van der Waals surface area contributed by atoms with Gasteiger partial charge in [-0.3, -0.25) is 0 Å². The van der Waals surface area contributed by atoms with E-state index in [-0.39, 0.29) is 5.82 Å². The van der Waals surface area contributed by atoms with Crippen LogP contribution in [0.3, 0.4) is 0 Å². The normalized spacial score (nSPS) is 15.8. The molecule has 1 N–H and O–H groups in total. The molecule has 3 aromatic rings. The van der Waals surface area contributed by atoms with Crippen molar-refractivity contribution in [1.82, 2.24) is 9.97 Å². The van der Waals surface area contributed by atoms with Crippen molar-refractivity contribution >= 4 is 17.5 Å². The van der Waals surface area contributed by atoms with Crippen LogP contribution in [0, 0.1) is 5.82 Å². The fraction of sp³-hybridized carbons (Fsp3) is 0.238. The number of aromatic nitrogens is 2. The van der Waals surface area contributed by atoms with E-state index in [1.165, 1.54) is 23.4 Å². The summed E-state index contributed by atoms with van der Waals surface area (Å²) in [5.74, 6) is 1.31. The SMILES string of the molecule is CC1Cc2ccccc2N1c1nccc(NCCc2ccc(F)cc2)n1. The third-order valence-corrected chi connectivity index (χ3v) is 4.70. The molecule has 0 spiro atoms. The summed E-state index contributed by atoms with van der Waals surface area (Å²) in [6.07, 6.45) is 3.60. The Morgan fingerprint density at radius 1 is 1.12 bits per heavy atom. The van der Waals surface area contributed by atoms with Gasteiger partial charge in [0.05, 0.1) is 0 Å². The Hall–Kier alpha value is -2.95. The maximum atomic E-state index is 13.0. The summed E-state index contributed by atoms with van der Waals surface area (Å²) in [6, 6.07) is 17.2. The molecular weight excluding hydrogens is 327 g/mol. The molecular formula is C21H21FN4. The molecule has 1 unspecified atom stereocenters. The Morgan fingerprint density at radius 3 is 2.77 bits per heavy atom. The Labute approximate surface area is 152 Å². The van der Waals surface area contributed by atoms with Gasteiger partial charge in [-0.05, 0) is 55.2 Å². The van der Waals surface area contributed by atoms with Crippen LogP contribution in [0.25, 0.3) is 0 Å². The van der Waals surface area contributed by atoms with Crippen LogP contribution in [0.2, 0.25) is 0 Å². The predicted octanol–water partition coefficient (Wildman–Crippen LogP) is 4.35. The van der Waals surface area contributed by atoms with Gasteiger partial charge in [0, 0.05) is 24.5 Å². The number of halogens is 1. The average molecular weight is 348 g/mol. The maximum Gasteiger partial charge on any atom is 0.232 e. The number of nitrogens with one attached hydrogen (secondary N) is 1. The monoisotopic (exact) mass is 348 g/mol. The lowest BCUT2D eigenvalue weighted by molar-refractivity contribution is 0.627. The van der Waals surface area contributed by atoms with E-state index >= 15 is 0 Å². The Morgan fingerprint density at radius 2 is 1.92 bits per heavy atom. The number of anilines is 3. The molecule has 0 fully saturated rings. The maximum absolute atomic E-state index is 13.0. The smallest absolute Gasteiger partial charge is 0.232 e. The highest BCUT2D eigenvalue weighted by Gasteiger charge is 2.28. The second kappa shape index (κ2) is 7.12. The summed E-state index contributed by atoms with van der Waals surface area (Å²) in [7, 11) is 0. The first kappa shape index (κ1) is 16.5. The minimum absolute atomic E-state index is 0.206. The minimum atomic E-state index is -0.206. The molecule has 0 bridgehead atoms. The van der Waals surface area contributed by atoms with Crippen molar-refractivity contribution in [3.63, 3.8) is 0 Å². The van der Waals surface area contributed by atoms with E-state index in [0.717, 1.165) is 30.8 Å². The first-order valence-corrected chi connectivity index (χ1v) is 8.89. The van der Waals surface area contributed by atoms with Gasteiger partial charge in [0.25, 0.3) is 0 Å². The van der Waals surface area contributed by atoms with Crippen LogP contribution in [-0.4, -0.2) is 22.6 Å². The third-order valence-electron chi connectivity index (χ3n) is 4.70. The molecule has 1 aromatic heterocycles. The van der Waals surface area contributed by atoms with Crippen LogP contribution in [0.5, 0.6) is 0 Å². The van der Waals surface area contributed by atoms with Gasteiger partial charge in [-0.2, -0.15) is 4.98 Å². The minimum Gasteiger partial charge on any atom is -0.370 e. The molecule has 26 heavy (non-hydrogen) atoms. The van der Waals surface area contributed by atoms with Crippen molar-refractivity contribution in [3.05, 3.63) is 77.7 Å². The zero-order chi connectivity index (χ0) is 17.9. The van der Waals surface area contributed by atoms with Gasteiger partial charge >= 0.3 is 0 Å². The summed E-state index contributed by atoms with van der Waals surface area (Å²) in [5, 5.41) is 3.34. The van der Waals surface area contributed by atoms with Crippen molar-refractivity contribution in [2.75, 3.05) is 16.8 Å². The van der Waals surface area contributed by atoms with Gasteiger partial charge in [0.15, 0.2) is 0 Å². The van der Waals surface area contributed by atoms with E-state index in [1.807, 2.05) is 18.2 Å². The molecule has 0 radical (unpaired) electrons. The van der Waals surface area contributed by atoms with Gasteiger partial charge in [-0.1, -0.05) is 30.3 Å². The van der Waals surface area contributed by atoms with E-state index in [4.69, 9.17) is 4.98 Å². The number of para-hydroxylation sites is 1. The molecule has 0 aliphatic carbocycles. The van der Waals surface area contributed by atoms with Crippen LogP contribution in [0.4, 0.5) is 21.8 Å². The standard InChI is InChI=1S/C21H21FN4/c1-15-14-17-4-2-3-5-19(17)26(15)21-24-13-11-20(25-21)23-12-10-16-6-8-18(22)9-7-16/h2-9,11,13,15H,10,12,14H2,1H3,(H,23,24,25). The fourth-order valence-corrected chi connectivity index (χ4v) is 3.42. The molecule has 2 heterocycles. The zero-order valence-electron chi connectivity index (χ0n) is 14.7. The molecule has 0 saturated heterocycles. The quantitative estimate of drug-likeness (QED) is 0.744. The van der Waals surface area contributed by atoms with Gasteiger partial charge in [-0.15, -0.1) is 0 Å². The Bertz CT molecular complexity index is 895. The molecule has 0 amide bonds. The van der Waals surface area contributed by atoms with Crippen molar-refractivity contribution in [2.24, 2.45) is 0 Å². The Balaban J connectivity index is 1.46. The van der Waals surface area contributed by atoms with Gasteiger partial charge in [-0.25, -0.2) is 9.37 Å². The summed E-state index contributed by atoms with van der Waals surface area (Å²) in [5.41, 5.74) is 3.61. The lowest BCUT2D eigenvalue weighted by Crippen LogP contribution is -2.26. The zero-order valence-corrected chi connectivity index (χ0v) is 14.7. The number of hydrogen-bond acceptors (Lipinski definition) is 4. The second-order valence-electron chi connectivity index (χ2n) is 6.60. The lowest BCUT2D eigenvalue weighted by Gasteiger charge is -2.23. The molecule has 4 rings (SSSR count).